The number of methoxy groups -OCH3 is 1. The fourth-order valence-electron chi connectivity index (χ4n) is 0.797. The molecule has 0 saturated carbocycles. The Bertz CT molecular complexity index is 185. The average Bonchev–Trinajstić information content (AvgIpc) is 1.89. The number of rotatable bonds is 1. The second kappa shape index (κ2) is 6.63. The smallest absolute Gasteiger partial charge is 0.121 e. The van der Waals surface area contributed by atoms with E-state index in [0.29, 0.717) is 0 Å². The van der Waals surface area contributed by atoms with Crippen molar-refractivity contribution in [2.45, 2.75) is 6.42 Å². The van der Waals surface area contributed by atoms with Gasteiger partial charge in [0, 0.05) is 19.5 Å². The van der Waals surface area contributed by atoms with Crippen LogP contribution in [0.25, 0.3) is 0 Å². The zero-order chi connectivity index (χ0) is 6.69. The third kappa shape index (κ3) is 3.74. The van der Waals surface area contributed by atoms with Gasteiger partial charge in [-0.15, -0.1) is 0 Å². The van der Waals surface area contributed by atoms with Crippen LogP contribution < -0.4 is 12.4 Å². The number of hydrogen-bond donors (Lipinski definition) is 0. The van der Waals surface area contributed by atoms with Gasteiger partial charge in [-0.05, 0) is 18.1 Å². The van der Waals surface area contributed by atoms with Crippen molar-refractivity contribution in [1.82, 2.24) is 0 Å². The number of ether oxygens (including phenoxy) is 1. The second-order valence-electron chi connectivity index (χ2n) is 1.97. The molecular formula is C8H10ClOZn-. The van der Waals surface area contributed by atoms with Gasteiger partial charge in [-0.2, -0.15) is 0 Å². The van der Waals surface area contributed by atoms with Crippen LogP contribution in [-0.2, 0) is 24.2 Å². The molecule has 0 N–H and O–H groups in total. The predicted molar refractivity (Wildman–Crippen MR) is 38.0 cm³/mol. The Morgan fingerprint density at radius 3 is 2.55 bits per heavy atom. The van der Waals surface area contributed by atoms with Crippen molar-refractivity contribution in [2.24, 2.45) is 0 Å². The summed E-state index contributed by atoms with van der Waals surface area (Å²) in [5, 5.41) is 0. The molecule has 0 heterocycles. The summed E-state index contributed by atoms with van der Waals surface area (Å²) in [5.41, 5.74) is 1.06. The minimum Gasteiger partial charge on any atom is -1.00 e. The van der Waals surface area contributed by atoms with Gasteiger partial charge in [-0.1, -0.05) is 18.7 Å². The predicted octanol–water partition coefficient (Wildman–Crippen LogP) is -0.966. The Kier molecular flexibility index (Phi) is 8.15. The molecule has 0 amide bonds. The van der Waals surface area contributed by atoms with Gasteiger partial charge in [0.2, 0.25) is 0 Å². The van der Waals surface area contributed by atoms with E-state index in [1.165, 1.54) is 0 Å². The summed E-state index contributed by atoms with van der Waals surface area (Å²) in [6.45, 7) is 3.82. The van der Waals surface area contributed by atoms with Crippen LogP contribution >= 0.6 is 0 Å². The van der Waals surface area contributed by atoms with Crippen LogP contribution in [0.3, 0.4) is 0 Å². The summed E-state index contributed by atoms with van der Waals surface area (Å²) < 4.78 is 5.01. The van der Waals surface area contributed by atoms with Gasteiger partial charge >= 0.3 is 0 Å². The minimum absolute atomic E-state index is 0. The zero-order valence-corrected chi connectivity index (χ0v) is 10.4. The van der Waals surface area contributed by atoms with Crippen molar-refractivity contribution >= 4 is 0 Å². The third-order valence-corrected chi connectivity index (χ3v) is 1.32. The summed E-state index contributed by atoms with van der Waals surface area (Å²) in [4.78, 5) is 0. The Hall–Kier alpha value is -0.0666. The molecule has 0 unspecified atom stereocenters. The molecule has 0 aliphatic heterocycles. The molecular weight excluding hydrogens is 213 g/mol. The van der Waals surface area contributed by atoms with E-state index in [0.717, 1.165) is 17.8 Å². The molecule has 11 heavy (non-hydrogen) atoms. The molecule has 1 aliphatic carbocycles. The quantitative estimate of drug-likeness (QED) is 0.520. The van der Waals surface area contributed by atoms with Crippen molar-refractivity contribution in [3.63, 3.8) is 0 Å². The maximum atomic E-state index is 5.01. The monoisotopic (exact) mass is 221 g/mol. The number of halogens is 1. The first-order valence-electron chi connectivity index (χ1n) is 2.93. The molecule has 3 heteroatoms. The summed E-state index contributed by atoms with van der Waals surface area (Å²) >= 11 is 0. The zero-order valence-electron chi connectivity index (χ0n) is 6.64. The molecule has 0 bridgehead atoms. The summed E-state index contributed by atoms with van der Waals surface area (Å²) in [6, 6.07) is 0. The maximum Gasteiger partial charge on any atom is 0.121 e. The molecule has 1 nitrogen and oxygen atoms in total. The molecule has 0 radical (unpaired) electrons. The van der Waals surface area contributed by atoms with E-state index in [2.05, 4.69) is 12.7 Å². The summed E-state index contributed by atoms with van der Waals surface area (Å²) in [6.07, 6.45) is 6.88. The van der Waals surface area contributed by atoms with Crippen LogP contribution in [0, 0.1) is 0 Å². The standard InChI is InChI=1S/C8H10O.ClH.Zn/c1-7-5-3-4-6-8(7)9-2;;/h3-4,6H,1,5H2,2H3;1H;/p-1. The van der Waals surface area contributed by atoms with Crippen molar-refractivity contribution in [2.75, 3.05) is 7.11 Å². The van der Waals surface area contributed by atoms with E-state index in [-0.39, 0.29) is 31.9 Å². The molecule has 0 aromatic heterocycles. The topological polar surface area (TPSA) is 9.23 Å². The molecule has 0 atom stereocenters. The number of hydrogen-bond acceptors (Lipinski definition) is 1. The van der Waals surface area contributed by atoms with Gasteiger partial charge in [-0.25, -0.2) is 0 Å². The van der Waals surface area contributed by atoms with Crippen molar-refractivity contribution in [1.29, 1.82) is 0 Å². The van der Waals surface area contributed by atoms with Crippen molar-refractivity contribution < 1.29 is 36.6 Å². The largest absolute Gasteiger partial charge is 1.00 e. The first-order valence-corrected chi connectivity index (χ1v) is 2.93. The van der Waals surface area contributed by atoms with Gasteiger partial charge < -0.3 is 17.1 Å². The molecule has 0 aromatic rings. The normalized spacial score (nSPS) is 14.3. The van der Waals surface area contributed by atoms with Gasteiger partial charge in [0.05, 0.1) is 7.11 Å². The van der Waals surface area contributed by atoms with Crippen LogP contribution in [0.15, 0.2) is 36.1 Å². The second-order valence-corrected chi connectivity index (χ2v) is 1.97. The van der Waals surface area contributed by atoms with Crippen LogP contribution in [0.2, 0.25) is 0 Å². The van der Waals surface area contributed by atoms with Gasteiger partial charge in [-0.3, -0.25) is 0 Å². The summed E-state index contributed by atoms with van der Waals surface area (Å²) in [5.74, 6) is 0.900. The maximum absolute atomic E-state index is 5.01. The Morgan fingerprint density at radius 1 is 1.55 bits per heavy atom. The minimum atomic E-state index is 0. The van der Waals surface area contributed by atoms with Crippen LogP contribution in [0.4, 0.5) is 0 Å². The molecule has 58 valence electrons. The Labute approximate surface area is 86.4 Å². The molecule has 0 fully saturated rings. The first-order chi connectivity index (χ1) is 4.34. The Morgan fingerprint density at radius 2 is 2.18 bits per heavy atom. The number of allylic oxidation sites excluding steroid dienone is 4. The van der Waals surface area contributed by atoms with Crippen molar-refractivity contribution in [3.05, 3.63) is 36.1 Å². The van der Waals surface area contributed by atoms with Crippen LogP contribution in [-0.4, -0.2) is 7.11 Å². The van der Waals surface area contributed by atoms with E-state index < -0.39 is 0 Å². The van der Waals surface area contributed by atoms with Gasteiger partial charge in [0.1, 0.15) is 5.76 Å². The summed E-state index contributed by atoms with van der Waals surface area (Å²) in [7, 11) is 1.66. The Balaban J connectivity index is 0. The van der Waals surface area contributed by atoms with Crippen LogP contribution in [0.5, 0.6) is 0 Å². The fraction of sp³-hybridized carbons (Fsp3) is 0.250. The van der Waals surface area contributed by atoms with E-state index in [1.54, 1.807) is 7.11 Å². The van der Waals surface area contributed by atoms with E-state index >= 15 is 0 Å². The molecule has 0 aromatic carbocycles. The van der Waals surface area contributed by atoms with Gasteiger partial charge in [0.15, 0.2) is 0 Å². The third-order valence-electron chi connectivity index (χ3n) is 1.32. The van der Waals surface area contributed by atoms with E-state index in [9.17, 15) is 0 Å². The fourth-order valence-corrected chi connectivity index (χ4v) is 0.797. The average molecular weight is 223 g/mol. The van der Waals surface area contributed by atoms with Crippen LogP contribution in [0.1, 0.15) is 6.42 Å². The first kappa shape index (κ1) is 13.5. The molecule has 0 spiro atoms. The molecule has 1 aliphatic rings. The SMILES string of the molecule is C=C1CC=CC=C1OC.[Cl-].[Zn]. The molecule has 0 saturated heterocycles. The molecule has 1 rings (SSSR count). The van der Waals surface area contributed by atoms with Gasteiger partial charge in [0.25, 0.3) is 0 Å². The van der Waals surface area contributed by atoms with Crippen molar-refractivity contribution in [3.8, 4) is 0 Å². The van der Waals surface area contributed by atoms with E-state index in [1.807, 2.05) is 12.2 Å². The van der Waals surface area contributed by atoms with E-state index in [4.69, 9.17) is 4.74 Å².